The number of rotatable bonds is 2. The Bertz CT molecular complexity index is 1530. The highest BCUT2D eigenvalue weighted by atomic mass is 15.0. The number of nitrogens with zero attached hydrogens (tertiary/aromatic N) is 1. The topological polar surface area (TPSA) is 4.93 Å². The Morgan fingerprint density at radius 3 is 2.20 bits per heavy atom. The summed E-state index contributed by atoms with van der Waals surface area (Å²) in [6.45, 7) is 2.20. The zero-order chi connectivity index (χ0) is 20.1. The summed E-state index contributed by atoms with van der Waals surface area (Å²) in [5.74, 6) is 0. The van der Waals surface area contributed by atoms with E-state index in [1.807, 2.05) is 0 Å². The second-order valence-corrected chi connectivity index (χ2v) is 7.90. The molecule has 5 aromatic carbocycles. The minimum atomic E-state index is 1.20. The molecular weight excluding hydrogens is 362 g/mol. The molecule has 0 aliphatic carbocycles. The highest BCUT2D eigenvalue weighted by molar-refractivity contribution is 6.12. The summed E-state index contributed by atoms with van der Waals surface area (Å²) in [4.78, 5) is 0. The van der Waals surface area contributed by atoms with Crippen molar-refractivity contribution in [3.05, 3.63) is 115 Å². The third-order valence-electron chi connectivity index (χ3n) is 6.10. The van der Waals surface area contributed by atoms with Crippen LogP contribution < -0.4 is 0 Å². The van der Waals surface area contributed by atoms with Gasteiger partial charge in [0.25, 0.3) is 0 Å². The standard InChI is InChI=1S/C29H21N/c1-20-9-7-16-26-27-19-22(25-15-8-11-21-10-5-6-14-24(21)25)17-18-28(27)30(29(20)26)23-12-3-2-4-13-23/h2-19H,1H3. The second kappa shape index (κ2) is 6.60. The quantitative estimate of drug-likeness (QED) is 0.286. The van der Waals surface area contributed by atoms with Gasteiger partial charge in [-0.25, -0.2) is 0 Å². The molecule has 0 saturated carbocycles. The summed E-state index contributed by atoms with van der Waals surface area (Å²) in [6.07, 6.45) is 0. The molecule has 0 radical (unpaired) electrons. The van der Waals surface area contributed by atoms with E-state index in [2.05, 4.69) is 121 Å². The van der Waals surface area contributed by atoms with Crippen LogP contribution in [0.3, 0.4) is 0 Å². The number of aryl methyl sites for hydroxylation is 1. The van der Waals surface area contributed by atoms with Crippen molar-refractivity contribution < 1.29 is 0 Å². The Morgan fingerprint density at radius 2 is 1.30 bits per heavy atom. The fourth-order valence-electron chi connectivity index (χ4n) is 4.73. The maximum atomic E-state index is 2.40. The summed E-state index contributed by atoms with van der Waals surface area (Å²) >= 11 is 0. The van der Waals surface area contributed by atoms with Gasteiger partial charge in [0.2, 0.25) is 0 Å². The molecule has 30 heavy (non-hydrogen) atoms. The lowest BCUT2D eigenvalue weighted by molar-refractivity contribution is 1.17. The lowest BCUT2D eigenvalue weighted by atomic mass is 9.97. The summed E-state index contributed by atoms with van der Waals surface area (Å²) < 4.78 is 2.40. The fourth-order valence-corrected chi connectivity index (χ4v) is 4.73. The minimum Gasteiger partial charge on any atom is -0.309 e. The molecule has 6 rings (SSSR count). The van der Waals surface area contributed by atoms with Crippen molar-refractivity contribution in [3.63, 3.8) is 0 Å². The summed E-state index contributed by atoms with van der Waals surface area (Å²) in [5, 5.41) is 5.17. The summed E-state index contributed by atoms with van der Waals surface area (Å²) in [6, 6.07) is 39.3. The number of para-hydroxylation sites is 2. The molecule has 0 fully saturated rings. The zero-order valence-electron chi connectivity index (χ0n) is 16.8. The number of aromatic nitrogens is 1. The SMILES string of the molecule is Cc1cccc2c3cc(-c4cccc5ccccc45)ccc3n(-c3ccccc3)c12. The molecule has 6 aromatic rings. The van der Waals surface area contributed by atoms with Gasteiger partial charge < -0.3 is 4.57 Å². The first kappa shape index (κ1) is 17.1. The Hall–Kier alpha value is -3.84. The molecule has 0 aliphatic heterocycles. The largest absolute Gasteiger partial charge is 0.309 e. The van der Waals surface area contributed by atoms with Crippen molar-refractivity contribution in [2.24, 2.45) is 0 Å². The monoisotopic (exact) mass is 383 g/mol. The normalized spacial score (nSPS) is 11.5. The molecule has 1 aromatic heterocycles. The Morgan fingerprint density at radius 1 is 0.567 bits per heavy atom. The first-order valence-electron chi connectivity index (χ1n) is 10.4. The molecule has 1 heterocycles. The zero-order valence-corrected chi connectivity index (χ0v) is 16.8. The highest BCUT2D eigenvalue weighted by Crippen LogP contribution is 2.37. The van der Waals surface area contributed by atoms with Crippen LogP contribution in [0.4, 0.5) is 0 Å². The van der Waals surface area contributed by atoms with Crippen molar-refractivity contribution in [2.45, 2.75) is 6.92 Å². The second-order valence-electron chi connectivity index (χ2n) is 7.90. The fraction of sp³-hybridized carbons (Fsp3) is 0.0345. The molecule has 0 N–H and O–H groups in total. The number of hydrogen-bond acceptors (Lipinski definition) is 0. The van der Waals surface area contributed by atoms with E-state index in [1.54, 1.807) is 0 Å². The highest BCUT2D eigenvalue weighted by Gasteiger charge is 2.15. The molecular formula is C29H21N. The first-order valence-corrected chi connectivity index (χ1v) is 10.4. The molecule has 0 saturated heterocycles. The smallest absolute Gasteiger partial charge is 0.0570 e. The van der Waals surface area contributed by atoms with Gasteiger partial charge in [-0.05, 0) is 58.7 Å². The van der Waals surface area contributed by atoms with E-state index in [1.165, 1.54) is 55.0 Å². The molecule has 1 heteroatoms. The van der Waals surface area contributed by atoms with Gasteiger partial charge in [0.15, 0.2) is 0 Å². The predicted octanol–water partition coefficient (Wildman–Crippen LogP) is 7.91. The Balaban J connectivity index is 1.70. The van der Waals surface area contributed by atoms with Crippen LogP contribution in [0.5, 0.6) is 0 Å². The first-order chi connectivity index (χ1) is 14.8. The van der Waals surface area contributed by atoms with E-state index < -0.39 is 0 Å². The van der Waals surface area contributed by atoms with Crippen LogP contribution in [0.25, 0.3) is 49.4 Å². The van der Waals surface area contributed by atoms with Crippen molar-refractivity contribution in [2.75, 3.05) is 0 Å². The number of benzene rings is 5. The molecule has 0 bridgehead atoms. The van der Waals surface area contributed by atoms with Gasteiger partial charge in [0, 0.05) is 16.5 Å². The van der Waals surface area contributed by atoms with E-state index in [4.69, 9.17) is 0 Å². The summed E-state index contributed by atoms with van der Waals surface area (Å²) in [5.41, 5.74) is 7.56. The third kappa shape index (κ3) is 2.49. The van der Waals surface area contributed by atoms with Crippen molar-refractivity contribution in [3.8, 4) is 16.8 Å². The van der Waals surface area contributed by atoms with Gasteiger partial charge in [0.1, 0.15) is 0 Å². The Kier molecular flexibility index (Phi) is 3.75. The van der Waals surface area contributed by atoms with Crippen LogP contribution in [0.2, 0.25) is 0 Å². The van der Waals surface area contributed by atoms with E-state index >= 15 is 0 Å². The molecule has 0 aliphatic rings. The number of fused-ring (bicyclic) bond motifs is 4. The van der Waals surface area contributed by atoms with Gasteiger partial charge in [-0.1, -0.05) is 84.9 Å². The average molecular weight is 383 g/mol. The lowest BCUT2D eigenvalue weighted by Crippen LogP contribution is -1.94. The Labute approximate surface area is 175 Å². The van der Waals surface area contributed by atoms with Crippen LogP contribution >= 0.6 is 0 Å². The molecule has 0 atom stereocenters. The van der Waals surface area contributed by atoms with Crippen LogP contribution in [-0.2, 0) is 0 Å². The van der Waals surface area contributed by atoms with Crippen molar-refractivity contribution >= 4 is 32.6 Å². The third-order valence-corrected chi connectivity index (χ3v) is 6.10. The van der Waals surface area contributed by atoms with Crippen LogP contribution in [0.1, 0.15) is 5.56 Å². The molecule has 142 valence electrons. The van der Waals surface area contributed by atoms with Gasteiger partial charge >= 0.3 is 0 Å². The van der Waals surface area contributed by atoms with E-state index in [0.717, 1.165) is 0 Å². The van der Waals surface area contributed by atoms with Crippen LogP contribution in [0.15, 0.2) is 109 Å². The minimum absolute atomic E-state index is 1.20. The molecule has 1 nitrogen and oxygen atoms in total. The van der Waals surface area contributed by atoms with Crippen LogP contribution in [0, 0.1) is 6.92 Å². The molecule has 0 unspecified atom stereocenters. The number of hydrogen-bond donors (Lipinski definition) is 0. The molecule has 0 spiro atoms. The van der Waals surface area contributed by atoms with Crippen LogP contribution in [-0.4, -0.2) is 4.57 Å². The average Bonchev–Trinajstić information content (AvgIpc) is 3.14. The molecule has 0 amide bonds. The van der Waals surface area contributed by atoms with Gasteiger partial charge in [-0.3, -0.25) is 0 Å². The van der Waals surface area contributed by atoms with E-state index in [9.17, 15) is 0 Å². The van der Waals surface area contributed by atoms with Gasteiger partial charge in [0.05, 0.1) is 11.0 Å². The van der Waals surface area contributed by atoms with Crippen molar-refractivity contribution in [1.82, 2.24) is 4.57 Å². The van der Waals surface area contributed by atoms with E-state index in [0.29, 0.717) is 0 Å². The van der Waals surface area contributed by atoms with Gasteiger partial charge in [-0.2, -0.15) is 0 Å². The van der Waals surface area contributed by atoms with Gasteiger partial charge in [-0.15, -0.1) is 0 Å². The lowest BCUT2D eigenvalue weighted by Gasteiger charge is -2.10. The van der Waals surface area contributed by atoms with Crippen molar-refractivity contribution in [1.29, 1.82) is 0 Å². The maximum Gasteiger partial charge on any atom is 0.0570 e. The predicted molar refractivity (Wildman–Crippen MR) is 128 cm³/mol. The summed E-state index contributed by atoms with van der Waals surface area (Å²) in [7, 11) is 0. The van der Waals surface area contributed by atoms with E-state index in [-0.39, 0.29) is 0 Å². The maximum absolute atomic E-state index is 2.40.